The first-order valence-electron chi connectivity index (χ1n) is 6.93. The van der Waals surface area contributed by atoms with Crippen LogP contribution >= 0.6 is 15.9 Å². The maximum absolute atomic E-state index is 12.4. The Morgan fingerprint density at radius 2 is 2.33 bits per heavy atom. The second-order valence-corrected chi connectivity index (χ2v) is 6.24. The largest absolute Gasteiger partial charge is 0.398 e. The molecule has 1 unspecified atom stereocenters. The maximum Gasteiger partial charge on any atom is 0.253 e. The standard InChI is InChI=1S/C15H17BrN4O/c1-20-14-4-2-3-13(11(14)8-18-20)19-15(21)10-6-5-9(16)7-12(10)17/h5-8,13H,2-4,17H2,1H3,(H,19,21). The molecule has 110 valence electrons. The minimum absolute atomic E-state index is 0.0120. The number of benzene rings is 1. The fourth-order valence-electron chi connectivity index (χ4n) is 2.83. The van der Waals surface area contributed by atoms with Gasteiger partial charge in [-0.2, -0.15) is 5.10 Å². The minimum Gasteiger partial charge on any atom is -0.398 e. The van der Waals surface area contributed by atoms with Gasteiger partial charge in [0.1, 0.15) is 0 Å². The lowest BCUT2D eigenvalue weighted by Gasteiger charge is -2.24. The summed E-state index contributed by atoms with van der Waals surface area (Å²) in [5.74, 6) is -0.137. The van der Waals surface area contributed by atoms with Crippen LogP contribution in [0, 0.1) is 0 Å². The van der Waals surface area contributed by atoms with Crippen LogP contribution in [-0.2, 0) is 13.5 Å². The van der Waals surface area contributed by atoms with Crippen LogP contribution in [0.5, 0.6) is 0 Å². The Bertz CT molecular complexity index is 695. The van der Waals surface area contributed by atoms with Gasteiger partial charge >= 0.3 is 0 Å². The molecule has 0 radical (unpaired) electrons. The Labute approximate surface area is 131 Å². The van der Waals surface area contributed by atoms with E-state index in [1.54, 1.807) is 12.1 Å². The minimum atomic E-state index is -0.137. The number of halogens is 1. The Balaban J connectivity index is 1.82. The number of carbonyl (C=O) groups excluding carboxylic acids is 1. The highest BCUT2D eigenvalue weighted by Gasteiger charge is 2.25. The molecule has 1 atom stereocenters. The van der Waals surface area contributed by atoms with E-state index in [-0.39, 0.29) is 11.9 Å². The zero-order chi connectivity index (χ0) is 15.0. The third kappa shape index (κ3) is 2.68. The van der Waals surface area contributed by atoms with E-state index in [9.17, 15) is 4.79 Å². The number of aromatic nitrogens is 2. The van der Waals surface area contributed by atoms with Gasteiger partial charge in [-0.05, 0) is 37.5 Å². The van der Waals surface area contributed by atoms with E-state index in [0.717, 1.165) is 29.3 Å². The fraction of sp³-hybridized carbons (Fsp3) is 0.333. The van der Waals surface area contributed by atoms with Gasteiger partial charge in [-0.25, -0.2) is 0 Å². The van der Waals surface area contributed by atoms with Gasteiger partial charge in [0.25, 0.3) is 5.91 Å². The second kappa shape index (κ2) is 5.52. The Morgan fingerprint density at radius 3 is 3.10 bits per heavy atom. The number of hydrogen-bond acceptors (Lipinski definition) is 3. The maximum atomic E-state index is 12.4. The monoisotopic (exact) mass is 348 g/mol. The summed E-state index contributed by atoms with van der Waals surface area (Å²) < 4.78 is 2.76. The summed E-state index contributed by atoms with van der Waals surface area (Å²) in [6.45, 7) is 0. The van der Waals surface area contributed by atoms with Gasteiger partial charge in [0.05, 0.1) is 17.8 Å². The molecule has 0 spiro atoms. The molecule has 5 nitrogen and oxygen atoms in total. The number of nitrogens with one attached hydrogen (secondary N) is 1. The molecule has 1 aliphatic rings. The van der Waals surface area contributed by atoms with Gasteiger partial charge in [0.2, 0.25) is 0 Å². The first-order valence-corrected chi connectivity index (χ1v) is 7.72. The molecule has 0 bridgehead atoms. The molecule has 21 heavy (non-hydrogen) atoms. The highest BCUT2D eigenvalue weighted by molar-refractivity contribution is 9.10. The van der Waals surface area contributed by atoms with Gasteiger partial charge in [-0.3, -0.25) is 9.48 Å². The van der Waals surface area contributed by atoms with E-state index < -0.39 is 0 Å². The van der Waals surface area contributed by atoms with Crippen LogP contribution in [0.1, 0.15) is 40.5 Å². The molecule has 6 heteroatoms. The Kier molecular flexibility index (Phi) is 3.71. The van der Waals surface area contributed by atoms with Crippen LogP contribution in [0.4, 0.5) is 5.69 Å². The summed E-state index contributed by atoms with van der Waals surface area (Å²) in [6, 6.07) is 5.31. The van der Waals surface area contributed by atoms with E-state index in [4.69, 9.17) is 5.73 Å². The van der Waals surface area contributed by atoms with Crippen LogP contribution in [0.25, 0.3) is 0 Å². The third-order valence-corrected chi connectivity index (χ3v) is 4.43. The number of nitrogens with zero attached hydrogens (tertiary/aromatic N) is 2. The molecule has 0 fully saturated rings. The number of fused-ring (bicyclic) bond motifs is 1. The van der Waals surface area contributed by atoms with Crippen LogP contribution in [0.15, 0.2) is 28.9 Å². The molecule has 1 amide bonds. The van der Waals surface area contributed by atoms with E-state index in [1.165, 1.54) is 5.69 Å². The van der Waals surface area contributed by atoms with Crippen molar-refractivity contribution < 1.29 is 4.79 Å². The molecule has 1 heterocycles. The highest BCUT2D eigenvalue weighted by atomic mass is 79.9. The lowest BCUT2D eigenvalue weighted by atomic mass is 9.92. The summed E-state index contributed by atoms with van der Waals surface area (Å²) in [4.78, 5) is 12.4. The molecule has 0 aliphatic heterocycles. The van der Waals surface area contributed by atoms with Crippen molar-refractivity contribution in [3.63, 3.8) is 0 Å². The van der Waals surface area contributed by atoms with Crippen molar-refractivity contribution in [2.24, 2.45) is 7.05 Å². The van der Waals surface area contributed by atoms with Gasteiger partial charge in [-0.1, -0.05) is 15.9 Å². The number of nitrogens with two attached hydrogens (primary N) is 1. The number of carbonyl (C=O) groups is 1. The van der Waals surface area contributed by atoms with Gasteiger partial charge in [0.15, 0.2) is 0 Å². The van der Waals surface area contributed by atoms with E-state index in [2.05, 4.69) is 26.3 Å². The summed E-state index contributed by atoms with van der Waals surface area (Å²) in [7, 11) is 1.94. The molecule has 0 saturated heterocycles. The first kappa shape index (κ1) is 14.1. The lowest BCUT2D eigenvalue weighted by molar-refractivity contribution is 0.0933. The van der Waals surface area contributed by atoms with Crippen molar-refractivity contribution in [2.45, 2.75) is 25.3 Å². The predicted octanol–water partition coefficient (Wildman–Crippen LogP) is 2.57. The number of hydrogen-bond donors (Lipinski definition) is 2. The number of rotatable bonds is 2. The van der Waals surface area contributed by atoms with Crippen molar-refractivity contribution in [1.82, 2.24) is 15.1 Å². The third-order valence-electron chi connectivity index (χ3n) is 3.94. The van der Waals surface area contributed by atoms with Crippen molar-refractivity contribution in [2.75, 3.05) is 5.73 Å². The van der Waals surface area contributed by atoms with Crippen LogP contribution < -0.4 is 11.1 Å². The molecule has 1 aromatic carbocycles. The highest BCUT2D eigenvalue weighted by Crippen LogP contribution is 2.29. The number of aryl methyl sites for hydroxylation is 1. The quantitative estimate of drug-likeness (QED) is 0.819. The summed E-state index contributed by atoms with van der Waals surface area (Å²) >= 11 is 3.35. The average Bonchev–Trinajstić information content (AvgIpc) is 2.81. The van der Waals surface area contributed by atoms with Gasteiger partial charge in [0, 0.05) is 28.5 Å². The van der Waals surface area contributed by atoms with Gasteiger partial charge in [-0.15, -0.1) is 0 Å². The lowest BCUT2D eigenvalue weighted by Crippen LogP contribution is -2.31. The second-order valence-electron chi connectivity index (χ2n) is 5.32. The number of anilines is 1. The van der Waals surface area contributed by atoms with Crippen LogP contribution in [0.3, 0.4) is 0 Å². The average molecular weight is 349 g/mol. The molecule has 1 aromatic heterocycles. The van der Waals surface area contributed by atoms with Crippen molar-refractivity contribution in [3.8, 4) is 0 Å². The van der Waals surface area contributed by atoms with Crippen molar-refractivity contribution in [3.05, 3.63) is 45.7 Å². The molecular weight excluding hydrogens is 332 g/mol. The smallest absolute Gasteiger partial charge is 0.253 e. The van der Waals surface area contributed by atoms with Crippen LogP contribution in [0.2, 0.25) is 0 Å². The van der Waals surface area contributed by atoms with Gasteiger partial charge < -0.3 is 11.1 Å². The molecule has 0 saturated carbocycles. The first-order chi connectivity index (χ1) is 10.1. The Morgan fingerprint density at radius 1 is 1.52 bits per heavy atom. The topological polar surface area (TPSA) is 72.9 Å². The zero-order valence-electron chi connectivity index (χ0n) is 11.8. The van der Waals surface area contributed by atoms with Crippen LogP contribution in [-0.4, -0.2) is 15.7 Å². The van der Waals surface area contributed by atoms with Crippen molar-refractivity contribution >= 4 is 27.5 Å². The predicted molar refractivity (Wildman–Crippen MR) is 84.9 cm³/mol. The molecular formula is C15H17BrN4O. The number of nitrogen functional groups attached to an aromatic ring is 1. The van der Waals surface area contributed by atoms with E-state index in [1.807, 2.05) is 24.0 Å². The fourth-order valence-corrected chi connectivity index (χ4v) is 3.21. The SMILES string of the molecule is Cn1ncc2c1CCCC2NC(=O)c1ccc(Br)cc1N. The summed E-state index contributed by atoms with van der Waals surface area (Å²) in [6.07, 6.45) is 4.84. The van der Waals surface area contributed by atoms with E-state index in [0.29, 0.717) is 11.3 Å². The Hall–Kier alpha value is -1.82. The summed E-state index contributed by atoms with van der Waals surface area (Å²) in [5, 5.41) is 7.37. The molecule has 3 rings (SSSR count). The number of amides is 1. The normalized spacial score (nSPS) is 17.3. The zero-order valence-corrected chi connectivity index (χ0v) is 13.4. The van der Waals surface area contributed by atoms with Crippen molar-refractivity contribution in [1.29, 1.82) is 0 Å². The molecule has 3 N–H and O–H groups in total. The van der Waals surface area contributed by atoms with E-state index >= 15 is 0 Å². The molecule has 1 aliphatic carbocycles. The molecule has 2 aromatic rings. The summed E-state index contributed by atoms with van der Waals surface area (Å²) in [5.41, 5.74) is 9.23.